The Bertz CT molecular complexity index is 502. The Kier molecular flexibility index (Phi) is 3.74. The third kappa shape index (κ3) is 2.49. The molecule has 100 valence electrons. The molecule has 4 nitrogen and oxygen atoms in total. The van der Waals surface area contributed by atoms with Gasteiger partial charge in [0, 0.05) is 10.6 Å². The van der Waals surface area contributed by atoms with Gasteiger partial charge in [0.15, 0.2) is 0 Å². The van der Waals surface area contributed by atoms with Crippen molar-refractivity contribution in [2.45, 2.75) is 33.9 Å². The number of hydrogen-bond acceptors (Lipinski definition) is 6. The molecule has 0 amide bonds. The number of thioether (sulfide) groups is 2. The summed E-state index contributed by atoms with van der Waals surface area (Å²) in [6.07, 6.45) is -1.67. The van der Waals surface area contributed by atoms with Gasteiger partial charge in [-0.05, 0) is 24.3 Å². The molecule has 2 bridgehead atoms. The van der Waals surface area contributed by atoms with E-state index in [2.05, 4.69) is 6.07 Å². The zero-order chi connectivity index (χ0) is 13.4. The maximum absolute atomic E-state index is 10.0. The van der Waals surface area contributed by atoms with E-state index in [1.165, 1.54) is 11.8 Å². The molecule has 2 fully saturated rings. The van der Waals surface area contributed by atoms with Gasteiger partial charge in [0.25, 0.3) is 0 Å². The molecule has 2 aliphatic heterocycles. The van der Waals surface area contributed by atoms with Crippen LogP contribution in [-0.2, 0) is 4.74 Å². The zero-order valence-corrected chi connectivity index (χ0v) is 11.6. The summed E-state index contributed by atoms with van der Waals surface area (Å²) in [5.41, 5.74) is 0.468. The van der Waals surface area contributed by atoms with Crippen LogP contribution in [0.1, 0.15) is 5.56 Å². The van der Waals surface area contributed by atoms with Crippen molar-refractivity contribution in [1.29, 1.82) is 5.26 Å². The van der Waals surface area contributed by atoms with Gasteiger partial charge in [0.05, 0.1) is 29.1 Å². The van der Waals surface area contributed by atoms with E-state index in [1.807, 2.05) is 12.1 Å². The van der Waals surface area contributed by atoms with Crippen LogP contribution in [0.3, 0.4) is 0 Å². The Balaban J connectivity index is 1.72. The van der Waals surface area contributed by atoms with E-state index in [9.17, 15) is 10.2 Å². The first-order chi connectivity index (χ1) is 9.19. The molecular weight excluding hydrogens is 282 g/mol. The molecule has 1 aromatic rings. The molecule has 2 saturated heterocycles. The molecule has 0 unspecified atom stereocenters. The molecule has 0 aromatic heterocycles. The van der Waals surface area contributed by atoms with E-state index >= 15 is 0 Å². The predicted molar refractivity (Wildman–Crippen MR) is 73.9 cm³/mol. The molecule has 2 heterocycles. The molecule has 2 N–H and O–H groups in total. The quantitative estimate of drug-likeness (QED) is 0.854. The summed E-state index contributed by atoms with van der Waals surface area (Å²) in [6, 6.07) is 9.37. The smallest absolute Gasteiger partial charge is 0.122 e. The van der Waals surface area contributed by atoms with E-state index in [1.54, 1.807) is 23.9 Å². The molecular formula is C13H13NO3S2. The van der Waals surface area contributed by atoms with Crippen LogP contribution in [0.4, 0.5) is 0 Å². The highest BCUT2D eigenvalue weighted by Gasteiger charge is 2.50. The van der Waals surface area contributed by atoms with Crippen LogP contribution >= 0.6 is 23.5 Å². The summed E-state index contributed by atoms with van der Waals surface area (Å²) < 4.78 is 5.75. The third-order valence-corrected chi connectivity index (χ3v) is 6.11. The Morgan fingerprint density at radius 3 is 2.68 bits per heavy atom. The first-order valence-corrected chi connectivity index (χ1v) is 7.92. The Morgan fingerprint density at radius 1 is 1.32 bits per heavy atom. The Morgan fingerprint density at radius 2 is 2.05 bits per heavy atom. The average Bonchev–Trinajstić information content (AvgIpc) is 2.62. The average molecular weight is 295 g/mol. The van der Waals surface area contributed by atoms with E-state index in [0.29, 0.717) is 11.3 Å². The lowest BCUT2D eigenvalue weighted by molar-refractivity contribution is -0.0417. The van der Waals surface area contributed by atoms with Crippen molar-refractivity contribution in [3.63, 3.8) is 0 Å². The maximum Gasteiger partial charge on any atom is 0.122 e. The summed E-state index contributed by atoms with van der Waals surface area (Å²) in [5.74, 6) is 0.608. The summed E-state index contributed by atoms with van der Waals surface area (Å²) in [7, 11) is 0. The molecule has 0 aliphatic carbocycles. The lowest BCUT2D eigenvalue weighted by Crippen LogP contribution is -2.43. The van der Waals surface area contributed by atoms with Crippen LogP contribution in [0.2, 0.25) is 0 Å². The molecule has 0 saturated carbocycles. The number of ether oxygens (including phenoxy) is 1. The minimum absolute atomic E-state index is 0.00552. The van der Waals surface area contributed by atoms with Crippen LogP contribution in [0.25, 0.3) is 0 Å². The van der Waals surface area contributed by atoms with Gasteiger partial charge in [-0.25, -0.2) is 0 Å². The SMILES string of the molecule is N#Cc1ccc(S[C@H]2O[C@H]3[C@@H](O)[C@@H]2SC[C@@H]3O)cc1. The van der Waals surface area contributed by atoms with Gasteiger partial charge >= 0.3 is 0 Å². The van der Waals surface area contributed by atoms with Crippen molar-refractivity contribution in [3.8, 4) is 6.07 Å². The van der Waals surface area contributed by atoms with Crippen molar-refractivity contribution in [1.82, 2.24) is 0 Å². The molecule has 0 radical (unpaired) electrons. The van der Waals surface area contributed by atoms with Crippen molar-refractivity contribution < 1.29 is 14.9 Å². The van der Waals surface area contributed by atoms with Crippen LogP contribution in [0, 0.1) is 11.3 Å². The molecule has 5 atom stereocenters. The monoisotopic (exact) mass is 295 g/mol. The molecule has 0 spiro atoms. The number of nitrogens with zero attached hydrogens (tertiary/aromatic N) is 1. The minimum atomic E-state index is -0.607. The van der Waals surface area contributed by atoms with E-state index < -0.39 is 18.3 Å². The summed E-state index contributed by atoms with van der Waals surface area (Å²) in [4.78, 5) is 0.999. The van der Waals surface area contributed by atoms with Crippen LogP contribution in [-0.4, -0.2) is 45.0 Å². The van der Waals surface area contributed by atoms with E-state index in [0.717, 1.165) is 4.90 Å². The number of benzene rings is 1. The largest absolute Gasteiger partial charge is 0.389 e. The second-order valence-electron chi connectivity index (χ2n) is 4.58. The Labute approximate surface area is 119 Å². The van der Waals surface area contributed by atoms with Gasteiger partial charge in [-0.15, -0.1) is 11.8 Å². The number of rotatable bonds is 2. The van der Waals surface area contributed by atoms with Crippen LogP contribution in [0.5, 0.6) is 0 Å². The van der Waals surface area contributed by atoms with Gasteiger partial charge in [-0.2, -0.15) is 5.26 Å². The lowest BCUT2D eigenvalue weighted by Gasteiger charge is -2.27. The molecule has 1 aromatic carbocycles. The number of hydrogen-bond donors (Lipinski definition) is 2. The standard InChI is InChI=1S/C13H13NO3S2/c14-5-7-1-3-8(4-2-7)19-13-12-10(16)11(17-13)9(15)6-18-12/h1-4,9-13,15-16H,6H2/t9-,10+,11+,12-,13+/m0/s1. The normalized spacial score (nSPS) is 37.0. The maximum atomic E-state index is 10.0. The fraction of sp³-hybridized carbons (Fsp3) is 0.462. The van der Waals surface area contributed by atoms with Gasteiger partial charge in [-0.3, -0.25) is 0 Å². The second-order valence-corrected chi connectivity index (χ2v) is 6.96. The van der Waals surface area contributed by atoms with Crippen molar-refractivity contribution in [3.05, 3.63) is 29.8 Å². The number of aliphatic hydroxyl groups excluding tert-OH is 2. The van der Waals surface area contributed by atoms with Gasteiger partial charge < -0.3 is 14.9 Å². The minimum Gasteiger partial charge on any atom is -0.389 e. The first-order valence-electron chi connectivity index (χ1n) is 5.99. The van der Waals surface area contributed by atoms with Crippen LogP contribution in [0.15, 0.2) is 29.2 Å². The fourth-order valence-electron chi connectivity index (χ4n) is 2.30. The van der Waals surface area contributed by atoms with Gasteiger partial charge in [0.2, 0.25) is 0 Å². The summed E-state index contributed by atoms with van der Waals surface area (Å²) >= 11 is 3.09. The third-order valence-electron chi connectivity index (χ3n) is 3.31. The van der Waals surface area contributed by atoms with Crippen molar-refractivity contribution in [2.24, 2.45) is 0 Å². The Hall–Kier alpha value is -0.710. The molecule has 6 heteroatoms. The molecule has 3 rings (SSSR count). The fourth-order valence-corrected chi connectivity index (χ4v) is 4.92. The number of aliphatic hydroxyl groups is 2. The molecule has 2 aliphatic rings. The molecule has 19 heavy (non-hydrogen) atoms. The lowest BCUT2D eigenvalue weighted by atomic mass is 10.1. The number of fused-ring (bicyclic) bond motifs is 2. The summed E-state index contributed by atoms with van der Waals surface area (Å²) in [5, 5.41) is 28.6. The second kappa shape index (κ2) is 5.35. The van der Waals surface area contributed by atoms with Crippen molar-refractivity contribution in [2.75, 3.05) is 5.75 Å². The zero-order valence-electron chi connectivity index (χ0n) is 9.97. The van der Waals surface area contributed by atoms with Crippen molar-refractivity contribution >= 4 is 23.5 Å². The van der Waals surface area contributed by atoms with Gasteiger partial charge in [0.1, 0.15) is 11.5 Å². The first kappa shape index (κ1) is 13.3. The highest BCUT2D eigenvalue weighted by Crippen LogP contribution is 2.44. The van der Waals surface area contributed by atoms with Crippen LogP contribution < -0.4 is 0 Å². The predicted octanol–water partition coefficient (Wildman–Crippen LogP) is 1.21. The van der Waals surface area contributed by atoms with E-state index in [4.69, 9.17) is 10.00 Å². The van der Waals surface area contributed by atoms with E-state index in [-0.39, 0.29) is 10.7 Å². The number of nitriles is 1. The van der Waals surface area contributed by atoms with Gasteiger partial charge in [-0.1, -0.05) is 11.8 Å². The summed E-state index contributed by atoms with van der Waals surface area (Å²) in [6.45, 7) is 0. The highest BCUT2D eigenvalue weighted by molar-refractivity contribution is 8.03. The highest BCUT2D eigenvalue weighted by atomic mass is 32.2. The topological polar surface area (TPSA) is 73.5 Å².